The first-order chi connectivity index (χ1) is 19.4. The van der Waals surface area contributed by atoms with Crippen molar-refractivity contribution in [2.45, 2.75) is 49.6 Å². The fraction of sp³-hybridized carbons (Fsp3) is 0.344. The minimum absolute atomic E-state index is 0.0351. The zero-order valence-electron chi connectivity index (χ0n) is 22.8. The lowest BCUT2D eigenvalue weighted by molar-refractivity contribution is -0.140. The molecule has 3 aromatic carbocycles. The number of nitrogens with zero attached hydrogens (tertiary/aromatic N) is 1. The number of sulfonamides is 1. The molecular formula is C32H36N4O3S. The molecular weight excluding hydrogens is 520 g/mol. The molecule has 0 spiro atoms. The van der Waals surface area contributed by atoms with Crippen LogP contribution >= 0.6 is 0 Å². The molecule has 2 aliphatic rings. The van der Waals surface area contributed by atoms with E-state index < -0.39 is 10.0 Å². The van der Waals surface area contributed by atoms with Gasteiger partial charge < -0.3 is 15.2 Å². The lowest BCUT2D eigenvalue weighted by atomic mass is 9.85. The number of aryl methyl sites for hydroxylation is 1. The number of aromatic amines is 1. The lowest BCUT2D eigenvalue weighted by Gasteiger charge is -2.40. The number of nitrogens with one attached hydrogen (secondary N) is 3. The number of aromatic nitrogens is 1. The normalized spacial score (nSPS) is 21.9. The van der Waals surface area contributed by atoms with Gasteiger partial charge in [-0.1, -0.05) is 60.7 Å². The van der Waals surface area contributed by atoms with Gasteiger partial charge in [-0.3, -0.25) is 4.79 Å². The summed E-state index contributed by atoms with van der Waals surface area (Å²) in [4.78, 5) is 19.2. The number of hydrogen-bond donors (Lipinski definition) is 3. The van der Waals surface area contributed by atoms with E-state index in [4.69, 9.17) is 0 Å². The molecule has 0 unspecified atom stereocenters. The molecule has 2 fully saturated rings. The number of amides is 1. The first kappa shape index (κ1) is 26.7. The average molecular weight is 557 g/mol. The zero-order chi connectivity index (χ0) is 27.7. The van der Waals surface area contributed by atoms with Gasteiger partial charge in [0.15, 0.2) is 0 Å². The standard InChI is InChI=1S/C32H36N4O3S/c1-22-7-5-6-10-28(22)30-19-25-13-16-27(20-29(25)34-30)40(38,39)35-26-14-11-24(12-15-26)32(37)36-18-17-33-21-31(36)23-8-3-2-4-9-23/h2-10,13,16,19-20,24,26,31,33-35H,11-12,14-15,17-18,21H2,1H3/t24-,26-,31-/m1/s1. The Hall–Kier alpha value is -3.46. The second-order valence-electron chi connectivity index (χ2n) is 11.1. The van der Waals surface area contributed by atoms with E-state index in [-0.39, 0.29) is 28.8 Å². The Balaban J connectivity index is 1.11. The molecule has 1 atom stereocenters. The monoisotopic (exact) mass is 556 g/mol. The number of fused-ring (bicyclic) bond motifs is 1. The minimum Gasteiger partial charge on any atom is -0.354 e. The smallest absolute Gasteiger partial charge is 0.240 e. The maximum Gasteiger partial charge on any atom is 0.240 e. The zero-order valence-corrected chi connectivity index (χ0v) is 23.6. The molecule has 0 radical (unpaired) electrons. The fourth-order valence-corrected chi connectivity index (χ4v) is 7.55. The summed E-state index contributed by atoms with van der Waals surface area (Å²) in [5, 5.41) is 4.39. The van der Waals surface area contributed by atoms with Gasteiger partial charge in [0, 0.05) is 53.8 Å². The topological polar surface area (TPSA) is 94.3 Å². The van der Waals surface area contributed by atoms with Gasteiger partial charge in [0.1, 0.15) is 0 Å². The lowest BCUT2D eigenvalue weighted by Crippen LogP contribution is -2.51. The molecule has 1 aromatic heterocycles. The molecule has 1 amide bonds. The Morgan fingerprint density at radius 3 is 2.45 bits per heavy atom. The van der Waals surface area contributed by atoms with Crippen molar-refractivity contribution in [2.24, 2.45) is 5.92 Å². The van der Waals surface area contributed by atoms with Crippen LogP contribution in [0.25, 0.3) is 22.2 Å². The van der Waals surface area contributed by atoms with Gasteiger partial charge in [-0.15, -0.1) is 0 Å². The third-order valence-electron chi connectivity index (χ3n) is 8.45. The van der Waals surface area contributed by atoms with Gasteiger partial charge >= 0.3 is 0 Å². The molecule has 0 bridgehead atoms. The Morgan fingerprint density at radius 1 is 0.925 bits per heavy atom. The van der Waals surface area contributed by atoms with Crippen LogP contribution in [0.5, 0.6) is 0 Å². The Morgan fingerprint density at radius 2 is 1.68 bits per heavy atom. The number of carbonyl (C=O) groups excluding carboxylic acids is 1. The van der Waals surface area contributed by atoms with Crippen LogP contribution in [0.2, 0.25) is 0 Å². The van der Waals surface area contributed by atoms with E-state index in [9.17, 15) is 13.2 Å². The third-order valence-corrected chi connectivity index (χ3v) is 9.97. The number of H-pyrrole nitrogens is 1. The molecule has 8 heteroatoms. The van der Waals surface area contributed by atoms with Crippen molar-refractivity contribution < 1.29 is 13.2 Å². The van der Waals surface area contributed by atoms with Crippen LogP contribution in [-0.4, -0.2) is 49.9 Å². The van der Waals surface area contributed by atoms with Crippen LogP contribution < -0.4 is 10.0 Å². The SMILES string of the molecule is Cc1ccccc1-c1cc2ccc(S(=O)(=O)N[C@H]3CC[C@H](C(=O)N4CCNC[C@@H]4c4ccccc4)CC3)cc2[nH]1. The summed E-state index contributed by atoms with van der Waals surface area (Å²) in [5.41, 5.74) is 5.17. The second-order valence-corrected chi connectivity index (χ2v) is 12.8. The van der Waals surface area contributed by atoms with Gasteiger partial charge in [0.25, 0.3) is 0 Å². The molecule has 2 heterocycles. The highest BCUT2D eigenvalue weighted by molar-refractivity contribution is 7.89. The van der Waals surface area contributed by atoms with Crippen LogP contribution in [0, 0.1) is 12.8 Å². The number of rotatable bonds is 6. The summed E-state index contributed by atoms with van der Waals surface area (Å²) >= 11 is 0. The summed E-state index contributed by atoms with van der Waals surface area (Å²) in [6.45, 7) is 4.30. The molecule has 1 aliphatic heterocycles. The van der Waals surface area contributed by atoms with E-state index in [0.717, 1.165) is 46.4 Å². The number of piperazine rings is 1. The summed E-state index contributed by atoms with van der Waals surface area (Å²) in [6.07, 6.45) is 2.68. The number of carbonyl (C=O) groups is 1. The van der Waals surface area contributed by atoms with Gasteiger partial charge in [0.05, 0.1) is 10.9 Å². The highest BCUT2D eigenvalue weighted by Crippen LogP contribution is 2.32. The molecule has 7 nitrogen and oxygen atoms in total. The molecule has 4 aromatic rings. The number of hydrogen-bond acceptors (Lipinski definition) is 4. The third kappa shape index (κ3) is 5.44. The summed E-state index contributed by atoms with van der Waals surface area (Å²) < 4.78 is 29.6. The van der Waals surface area contributed by atoms with Gasteiger partial charge in [-0.25, -0.2) is 13.1 Å². The molecule has 40 heavy (non-hydrogen) atoms. The van der Waals surface area contributed by atoms with Crippen molar-refractivity contribution in [1.82, 2.24) is 19.9 Å². The van der Waals surface area contributed by atoms with Crippen molar-refractivity contribution in [3.05, 3.63) is 90.0 Å². The van der Waals surface area contributed by atoms with E-state index in [1.165, 1.54) is 0 Å². The molecule has 208 valence electrons. The van der Waals surface area contributed by atoms with E-state index in [2.05, 4.69) is 52.3 Å². The van der Waals surface area contributed by atoms with Gasteiger partial charge in [0.2, 0.25) is 15.9 Å². The average Bonchev–Trinajstić information content (AvgIpc) is 3.41. The largest absolute Gasteiger partial charge is 0.354 e. The first-order valence-corrected chi connectivity index (χ1v) is 15.6. The maximum absolute atomic E-state index is 13.6. The van der Waals surface area contributed by atoms with Crippen molar-refractivity contribution >= 4 is 26.8 Å². The Kier molecular flexibility index (Phi) is 7.49. The predicted octanol–water partition coefficient (Wildman–Crippen LogP) is 5.15. The maximum atomic E-state index is 13.6. The van der Waals surface area contributed by atoms with Crippen LogP contribution in [-0.2, 0) is 14.8 Å². The van der Waals surface area contributed by atoms with E-state index >= 15 is 0 Å². The van der Waals surface area contributed by atoms with Gasteiger partial charge in [-0.05, 0) is 61.9 Å². The highest BCUT2D eigenvalue weighted by atomic mass is 32.2. The summed E-state index contributed by atoms with van der Waals surface area (Å²) in [5.74, 6) is 0.124. The Labute approximate surface area is 236 Å². The van der Waals surface area contributed by atoms with Crippen molar-refractivity contribution in [2.75, 3.05) is 19.6 Å². The van der Waals surface area contributed by atoms with E-state index in [1.54, 1.807) is 12.1 Å². The van der Waals surface area contributed by atoms with Crippen LogP contribution in [0.3, 0.4) is 0 Å². The Bertz CT molecular complexity index is 1610. The highest BCUT2D eigenvalue weighted by Gasteiger charge is 2.35. The van der Waals surface area contributed by atoms with E-state index in [1.807, 2.05) is 41.3 Å². The van der Waals surface area contributed by atoms with Crippen LogP contribution in [0.15, 0.2) is 83.8 Å². The molecule has 1 saturated heterocycles. The molecule has 1 aliphatic carbocycles. The molecule has 1 saturated carbocycles. The summed E-state index contributed by atoms with van der Waals surface area (Å²) in [7, 11) is -3.69. The molecule has 3 N–H and O–H groups in total. The summed E-state index contributed by atoms with van der Waals surface area (Å²) in [6, 6.07) is 25.5. The molecule has 6 rings (SSSR count). The number of benzene rings is 3. The predicted molar refractivity (Wildman–Crippen MR) is 158 cm³/mol. The van der Waals surface area contributed by atoms with Crippen LogP contribution in [0.1, 0.15) is 42.9 Å². The first-order valence-electron chi connectivity index (χ1n) is 14.2. The van der Waals surface area contributed by atoms with Crippen LogP contribution in [0.4, 0.5) is 0 Å². The fourth-order valence-electron chi connectivity index (χ4n) is 6.21. The van der Waals surface area contributed by atoms with Gasteiger partial charge in [-0.2, -0.15) is 0 Å². The van der Waals surface area contributed by atoms with Crippen molar-refractivity contribution in [1.29, 1.82) is 0 Å². The quantitative estimate of drug-likeness (QED) is 0.306. The minimum atomic E-state index is -3.69. The van der Waals surface area contributed by atoms with Crippen molar-refractivity contribution in [3.8, 4) is 11.3 Å². The van der Waals surface area contributed by atoms with Crippen molar-refractivity contribution in [3.63, 3.8) is 0 Å². The second kappa shape index (κ2) is 11.2. The van der Waals surface area contributed by atoms with E-state index in [0.29, 0.717) is 32.2 Å².